The second-order valence-corrected chi connectivity index (χ2v) is 15.1. The van der Waals surface area contributed by atoms with Gasteiger partial charge in [0.1, 0.15) is 11.2 Å². The van der Waals surface area contributed by atoms with E-state index in [-0.39, 0.29) is 0 Å². The summed E-state index contributed by atoms with van der Waals surface area (Å²) in [6, 6.07) is 79.5. The van der Waals surface area contributed by atoms with Crippen molar-refractivity contribution in [2.75, 3.05) is 4.90 Å². The minimum atomic E-state index is 0.856. The lowest BCUT2D eigenvalue weighted by Gasteiger charge is -2.26. The molecule has 0 unspecified atom stereocenters. The van der Waals surface area contributed by atoms with E-state index in [1.807, 2.05) is 24.4 Å². The topological polar surface area (TPSA) is 29.3 Å². The molecule has 0 aliphatic carbocycles. The molecule has 2 aromatic heterocycles. The Morgan fingerprint density at radius 2 is 0.850 bits per heavy atom. The van der Waals surface area contributed by atoms with Crippen LogP contribution in [-0.4, -0.2) is 4.98 Å². The first-order valence-corrected chi connectivity index (χ1v) is 20.4. The molecular weight excluding hydrogens is 729 g/mol. The van der Waals surface area contributed by atoms with Gasteiger partial charge in [-0.05, 0) is 104 Å². The highest BCUT2D eigenvalue weighted by molar-refractivity contribution is 6.25. The van der Waals surface area contributed by atoms with Gasteiger partial charge in [0, 0.05) is 45.2 Å². The Balaban J connectivity index is 1.03. The van der Waals surface area contributed by atoms with E-state index in [1.54, 1.807) is 0 Å². The van der Waals surface area contributed by atoms with Crippen LogP contribution in [0.3, 0.4) is 0 Å². The van der Waals surface area contributed by atoms with Crippen LogP contribution in [0.5, 0.6) is 0 Å². The lowest BCUT2D eigenvalue weighted by Crippen LogP contribution is -2.10. The van der Waals surface area contributed by atoms with E-state index >= 15 is 0 Å². The van der Waals surface area contributed by atoms with E-state index in [2.05, 4.69) is 211 Å². The fourth-order valence-electron chi connectivity index (χ4n) is 8.62. The van der Waals surface area contributed by atoms with Gasteiger partial charge in [0.2, 0.25) is 0 Å². The quantitative estimate of drug-likeness (QED) is 0.154. The predicted octanol–water partition coefficient (Wildman–Crippen LogP) is 15.9. The van der Waals surface area contributed by atoms with E-state index in [1.165, 1.54) is 27.6 Å². The summed E-state index contributed by atoms with van der Waals surface area (Å²) in [5.74, 6) is 0. The van der Waals surface area contributed by atoms with Crippen molar-refractivity contribution in [1.29, 1.82) is 0 Å². The van der Waals surface area contributed by atoms with Gasteiger partial charge in [0.25, 0.3) is 0 Å². The van der Waals surface area contributed by atoms with Crippen molar-refractivity contribution >= 4 is 49.8 Å². The Morgan fingerprint density at radius 3 is 1.47 bits per heavy atom. The molecule has 60 heavy (non-hydrogen) atoms. The Hall–Kier alpha value is -8.01. The number of hydrogen-bond acceptors (Lipinski definition) is 3. The molecule has 0 spiro atoms. The van der Waals surface area contributed by atoms with E-state index in [0.29, 0.717) is 0 Å². The normalized spacial score (nSPS) is 11.3. The Kier molecular flexibility index (Phi) is 8.83. The first kappa shape index (κ1) is 35.2. The van der Waals surface area contributed by atoms with Gasteiger partial charge in [-0.1, -0.05) is 170 Å². The number of anilines is 3. The van der Waals surface area contributed by atoms with E-state index < -0.39 is 0 Å². The van der Waals surface area contributed by atoms with Gasteiger partial charge in [0.05, 0.1) is 5.69 Å². The van der Waals surface area contributed by atoms with Crippen molar-refractivity contribution in [2.45, 2.75) is 0 Å². The molecule has 0 saturated heterocycles. The van der Waals surface area contributed by atoms with Crippen LogP contribution in [0.4, 0.5) is 17.1 Å². The number of hydrogen-bond donors (Lipinski definition) is 0. The van der Waals surface area contributed by atoms with Gasteiger partial charge in [-0.2, -0.15) is 0 Å². The van der Waals surface area contributed by atoms with Crippen LogP contribution in [0.2, 0.25) is 0 Å². The van der Waals surface area contributed by atoms with Gasteiger partial charge >= 0.3 is 0 Å². The van der Waals surface area contributed by atoms with Crippen LogP contribution in [0.15, 0.2) is 235 Å². The third kappa shape index (κ3) is 6.39. The largest absolute Gasteiger partial charge is 0.456 e. The highest BCUT2D eigenvalue weighted by atomic mass is 16.3. The van der Waals surface area contributed by atoms with E-state index in [4.69, 9.17) is 9.40 Å². The molecule has 282 valence electrons. The second-order valence-electron chi connectivity index (χ2n) is 15.1. The van der Waals surface area contributed by atoms with Gasteiger partial charge in [-0.3, -0.25) is 4.98 Å². The fraction of sp³-hybridized carbons (Fsp3) is 0. The second kappa shape index (κ2) is 15.1. The van der Waals surface area contributed by atoms with Gasteiger partial charge < -0.3 is 9.32 Å². The Morgan fingerprint density at radius 1 is 0.317 bits per heavy atom. The molecule has 11 rings (SSSR count). The number of nitrogens with zero attached hydrogens (tertiary/aromatic N) is 2. The fourth-order valence-corrected chi connectivity index (χ4v) is 8.62. The summed E-state index contributed by atoms with van der Waals surface area (Å²) in [5.41, 5.74) is 16.1. The average Bonchev–Trinajstić information content (AvgIpc) is 3.72. The molecule has 0 aliphatic heterocycles. The van der Waals surface area contributed by atoms with Crippen LogP contribution in [-0.2, 0) is 0 Å². The summed E-state index contributed by atoms with van der Waals surface area (Å²) in [6.07, 6.45) is 1.98. The standard InChI is InChI=1S/C57H38N2O/c1-4-14-39(15-5-1)41-26-31-46(32-27-41)59(47-33-28-42(29-34-47)40-16-6-2-7-17-40)48-21-12-20-44(36-48)52-37-55-57(51-23-11-10-22-50(51)52)56-49(24-13-25-54(56)60-55)45-30-35-53(58-38-45)43-18-8-3-9-19-43/h1-38H. The SMILES string of the molecule is c1ccc(-c2ccc(N(c3ccc(-c4ccccc4)cc3)c3cccc(-c4cc5oc6cccc(-c7ccc(-c8ccccc8)nc7)c6c5c5ccccc45)c3)cc2)cc1. The highest BCUT2D eigenvalue weighted by Crippen LogP contribution is 2.45. The van der Waals surface area contributed by atoms with Gasteiger partial charge in [-0.15, -0.1) is 0 Å². The molecular formula is C57H38N2O. The maximum absolute atomic E-state index is 6.76. The zero-order valence-corrected chi connectivity index (χ0v) is 32.7. The smallest absolute Gasteiger partial charge is 0.136 e. The molecule has 0 N–H and O–H groups in total. The maximum atomic E-state index is 6.76. The molecule has 0 aliphatic rings. The van der Waals surface area contributed by atoms with E-state index in [0.717, 1.165) is 77.9 Å². The summed E-state index contributed by atoms with van der Waals surface area (Å²) in [5, 5.41) is 4.53. The first-order valence-electron chi connectivity index (χ1n) is 20.4. The lowest BCUT2D eigenvalue weighted by molar-refractivity contribution is 0.669. The summed E-state index contributed by atoms with van der Waals surface area (Å²) >= 11 is 0. The molecule has 0 bridgehead atoms. The minimum Gasteiger partial charge on any atom is -0.456 e. The summed E-state index contributed by atoms with van der Waals surface area (Å²) in [4.78, 5) is 7.23. The van der Waals surface area contributed by atoms with Crippen molar-refractivity contribution < 1.29 is 4.42 Å². The van der Waals surface area contributed by atoms with Crippen molar-refractivity contribution in [2.24, 2.45) is 0 Å². The van der Waals surface area contributed by atoms with Crippen molar-refractivity contribution in [1.82, 2.24) is 4.98 Å². The third-order valence-electron chi connectivity index (χ3n) is 11.5. The molecule has 11 aromatic rings. The van der Waals surface area contributed by atoms with Crippen molar-refractivity contribution in [3.63, 3.8) is 0 Å². The third-order valence-corrected chi connectivity index (χ3v) is 11.5. The molecule has 3 nitrogen and oxygen atoms in total. The zero-order valence-electron chi connectivity index (χ0n) is 32.7. The summed E-state index contributed by atoms with van der Waals surface area (Å²) in [7, 11) is 0. The molecule has 0 radical (unpaired) electrons. The molecule has 0 amide bonds. The lowest BCUT2D eigenvalue weighted by atomic mass is 9.92. The Bertz CT molecular complexity index is 3180. The van der Waals surface area contributed by atoms with Crippen LogP contribution < -0.4 is 4.90 Å². The number of furan rings is 1. The number of pyridine rings is 1. The van der Waals surface area contributed by atoms with Crippen LogP contribution in [0.25, 0.3) is 88.5 Å². The van der Waals surface area contributed by atoms with Gasteiger partial charge in [-0.25, -0.2) is 0 Å². The average molecular weight is 767 g/mol. The first-order chi connectivity index (χ1) is 29.7. The maximum Gasteiger partial charge on any atom is 0.136 e. The number of aromatic nitrogens is 1. The van der Waals surface area contributed by atoms with Crippen LogP contribution >= 0.6 is 0 Å². The van der Waals surface area contributed by atoms with Gasteiger partial charge in [0.15, 0.2) is 0 Å². The number of fused-ring (bicyclic) bond motifs is 5. The predicted molar refractivity (Wildman–Crippen MR) is 251 cm³/mol. The van der Waals surface area contributed by atoms with Crippen LogP contribution in [0.1, 0.15) is 0 Å². The molecule has 0 fully saturated rings. The molecule has 9 aromatic carbocycles. The minimum absolute atomic E-state index is 0.856. The van der Waals surface area contributed by atoms with Crippen molar-refractivity contribution in [3.8, 4) is 55.8 Å². The van der Waals surface area contributed by atoms with E-state index in [9.17, 15) is 0 Å². The van der Waals surface area contributed by atoms with Crippen molar-refractivity contribution in [3.05, 3.63) is 231 Å². The summed E-state index contributed by atoms with van der Waals surface area (Å²) in [6.45, 7) is 0. The monoisotopic (exact) mass is 766 g/mol. The zero-order chi connectivity index (χ0) is 39.8. The molecule has 3 heteroatoms. The molecule has 0 saturated carbocycles. The Labute approximate surface area is 349 Å². The highest BCUT2D eigenvalue weighted by Gasteiger charge is 2.20. The molecule has 0 atom stereocenters. The van der Waals surface area contributed by atoms with Crippen LogP contribution in [0, 0.1) is 0 Å². The number of benzene rings is 9. The summed E-state index contributed by atoms with van der Waals surface area (Å²) < 4.78 is 6.76. The number of rotatable bonds is 8. The molecule has 2 heterocycles.